The molecule has 1 heterocycles. The van der Waals surface area contributed by atoms with Gasteiger partial charge in [-0.3, -0.25) is 19.3 Å². The smallest absolute Gasteiger partial charge is 0.326 e. The SMILES string of the molecule is O=C(COC(=O)CN1C(=O)NC2(CCCC2)C1=O)N[C@@H]1CCCc2ccccc21. The second-order valence-electron chi connectivity index (χ2n) is 7.98. The number of rotatable bonds is 5. The highest BCUT2D eigenvalue weighted by atomic mass is 16.5. The van der Waals surface area contributed by atoms with Crippen LogP contribution in [0.2, 0.25) is 0 Å². The summed E-state index contributed by atoms with van der Waals surface area (Å²) in [6.07, 6.45) is 5.73. The molecule has 8 heteroatoms. The number of imide groups is 1. The van der Waals surface area contributed by atoms with Gasteiger partial charge in [-0.2, -0.15) is 0 Å². The van der Waals surface area contributed by atoms with Gasteiger partial charge in [0.05, 0.1) is 6.04 Å². The summed E-state index contributed by atoms with van der Waals surface area (Å²) in [5.74, 6) is -1.55. The summed E-state index contributed by atoms with van der Waals surface area (Å²) in [4.78, 5) is 49.9. The Kier molecular flexibility index (Phi) is 5.25. The first-order chi connectivity index (χ1) is 14.0. The van der Waals surface area contributed by atoms with E-state index in [0.717, 1.165) is 42.6 Å². The predicted molar refractivity (Wildman–Crippen MR) is 103 cm³/mol. The zero-order valence-corrected chi connectivity index (χ0v) is 16.2. The van der Waals surface area contributed by atoms with Gasteiger partial charge in [0.25, 0.3) is 11.8 Å². The van der Waals surface area contributed by atoms with E-state index in [9.17, 15) is 19.2 Å². The van der Waals surface area contributed by atoms with Crippen LogP contribution in [0.1, 0.15) is 55.7 Å². The summed E-state index contributed by atoms with van der Waals surface area (Å²) in [6, 6.07) is 7.32. The predicted octanol–water partition coefficient (Wildman–Crippen LogP) is 1.59. The van der Waals surface area contributed by atoms with Gasteiger partial charge in [-0.25, -0.2) is 4.79 Å². The van der Waals surface area contributed by atoms with E-state index in [-0.39, 0.29) is 11.9 Å². The van der Waals surface area contributed by atoms with Gasteiger partial charge in [0.15, 0.2) is 6.61 Å². The third-order valence-electron chi connectivity index (χ3n) is 6.06. The number of esters is 1. The monoisotopic (exact) mass is 399 g/mol. The van der Waals surface area contributed by atoms with Crippen molar-refractivity contribution in [3.05, 3.63) is 35.4 Å². The third kappa shape index (κ3) is 3.83. The molecule has 0 radical (unpaired) electrons. The number of nitrogens with one attached hydrogen (secondary N) is 2. The second-order valence-corrected chi connectivity index (χ2v) is 7.98. The van der Waals surface area contributed by atoms with Gasteiger partial charge in [-0.15, -0.1) is 0 Å². The summed E-state index contributed by atoms with van der Waals surface area (Å²) < 4.78 is 5.02. The fraction of sp³-hybridized carbons (Fsp3) is 0.524. The molecule has 4 rings (SSSR count). The van der Waals surface area contributed by atoms with Crippen molar-refractivity contribution in [2.45, 2.75) is 56.5 Å². The van der Waals surface area contributed by atoms with Crippen LogP contribution >= 0.6 is 0 Å². The van der Waals surface area contributed by atoms with E-state index in [0.29, 0.717) is 12.8 Å². The van der Waals surface area contributed by atoms with Crippen LogP contribution in [0.4, 0.5) is 4.79 Å². The first-order valence-electron chi connectivity index (χ1n) is 10.2. The lowest BCUT2D eigenvalue weighted by Crippen LogP contribution is -2.44. The lowest BCUT2D eigenvalue weighted by atomic mass is 9.88. The van der Waals surface area contributed by atoms with Crippen LogP contribution in [0, 0.1) is 0 Å². The Morgan fingerprint density at radius 2 is 1.93 bits per heavy atom. The summed E-state index contributed by atoms with van der Waals surface area (Å²) in [5, 5.41) is 5.62. The maximum Gasteiger partial charge on any atom is 0.326 e. The lowest BCUT2D eigenvalue weighted by Gasteiger charge is -2.26. The van der Waals surface area contributed by atoms with Gasteiger partial charge in [0, 0.05) is 0 Å². The van der Waals surface area contributed by atoms with Crippen molar-refractivity contribution in [1.82, 2.24) is 15.5 Å². The molecule has 1 aromatic rings. The van der Waals surface area contributed by atoms with Crippen LogP contribution in [0.15, 0.2) is 24.3 Å². The molecule has 1 aliphatic heterocycles. The van der Waals surface area contributed by atoms with Gasteiger partial charge in [0.2, 0.25) is 0 Å². The minimum Gasteiger partial charge on any atom is -0.454 e. The summed E-state index contributed by atoms with van der Waals surface area (Å²) in [6.45, 7) is -0.918. The second kappa shape index (κ2) is 7.85. The van der Waals surface area contributed by atoms with Crippen molar-refractivity contribution in [2.24, 2.45) is 0 Å². The number of nitrogens with zero attached hydrogens (tertiary/aromatic N) is 1. The fourth-order valence-electron chi connectivity index (χ4n) is 4.60. The molecule has 4 amide bonds. The highest BCUT2D eigenvalue weighted by molar-refractivity contribution is 6.08. The molecule has 8 nitrogen and oxygen atoms in total. The molecule has 3 aliphatic rings. The minimum absolute atomic E-state index is 0.0979. The summed E-state index contributed by atoms with van der Waals surface area (Å²) in [7, 11) is 0. The van der Waals surface area contributed by atoms with E-state index in [1.165, 1.54) is 5.56 Å². The Balaban J connectivity index is 1.27. The van der Waals surface area contributed by atoms with Crippen molar-refractivity contribution in [3.63, 3.8) is 0 Å². The molecule has 1 atom stereocenters. The maximum absolute atomic E-state index is 12.5. The van der Waals surface area contributed by atoms with Crippen LogP contribution < -0.4 is 10.6 Å². The first-order valence-corrected chi connectivity index (χ1v) is 10.2. The number of benzene rings is 1. The summed E-state index contributed by atoms with van der Waals surface area (Å²) >= 11 is 0. The third-order valence-corrected chi connectivity index (χ3v) is 6.06. The van der Waals surface area contributed by atoms with Gasteiger partial charge < -0.3 is 15.4 Å². The number of amides is 4. The number of hydrogen-bond donors (Lipinski definition) is 2. The van der Waals surface area contributed by atoms with Crippen molar-refractivity contribution >= 4 is 23.8 Å². The van der Waals surface area contributed by atoms with Gasteiger partial charge in [-0.05, 0) is 43.2 Å². The molecule has 0 unspecified atom stereocenters. The van der Waals surface area contributed by atoms with Crippen molar-refractivity contribution < 1.29 is 23.9 Å². The Morgan fingerprint density at radius 1 is 1.17 bits per heavy atom. The molecule has 0 aromatic heterocycles. The van der Waals surface area contributed by atoms with Crippen LogP contribution in [0.5, 0.6) is 0 Å². The van der Waals surface area contributed by atoms with Crippen LogP contribution in [-0.4, -0.2) is 47.4 Å². The molecule has 0 bridgehead atoms. The number of ether oxygens (including phenoxy) is 1. The fourth-order valence-corrected chi connectivity index (χ4v) is 4.60. The molecular weight excluding hydrogens is 374 g/mol. The molecule has 1 spiro atoms. The average Bonchev–Trinajstić information content (AvgIpc) is 3.27. The standard InChI is InChI=1S/C21H25N3O5/c25-17(22-16-9-5-7-14-6-1-2-8-15(14)16)13-29-18(26)12-24-19(27)21(23-20(24)28)10-3-4-11-21/h1-2,6,8,16H,3-5,7,9-13H2,(H,22,25)(H,23,28)/t16-/m1/s1. The van der Waals surface area contributed by atoms with Gasteiger partial charge >= 0.3 is 12.0 Å². The summed E-state index contributed by atoms with van der Waals surface area (Å²) in [5.41, 5.74) is 1.46. The molecule has 1 aromatic carbocycles. The van der Waals surface area contributed by atoms with Gasteiger partial charge in [-0.1, -0.05) is 37.1 Å². The maximum atomic E-state index is 12.5. The highest BCUT2D eigenvalue weighted by Crippen LogP contribution is 2.35. The lowest BCUT2D eigenvalue weighted by molar-refractivity contribution is -0.151. The number of carbonyl (C=O) groups is 4. The van der Waals surface area contributed by atoms with E-state index in [4.69, 9.17) is 4.74 Å². The molecular formula is C21H25N3O5. The number of urea groups is 1. The first kappa shape index (κ1) is 19.4. The minimum atomic E-state index is -0.858. The number of hydrogen-bond acceptors (Lipinski definition) is 5. The Bertz CT molecular complexity index is 846. The van der Waals surface area contributed by atoms with E-state index < -0.39 is 36.6 Å². The molecule has 154 valence electrons. The molecule has 2 fully saturated rings. The van der Waals surface area contributed by atoms with Crippen molar-refractivity contribution in [1.29, 1.82) is 0 Å². The van der Waals surface area contributed by atoms with Crippen molar-refractivity contribution in [2.75, 3.05) is 13.2 Å². The van der Waals surface area contributed by atoms with Crippen LogP contribution in [-0.2, 0) is 25.5 Å². The van der Waals surface area contributed by atoms with Crippen LogP contribution in [0.3, 0.4) is 0 Å². The largest absolute Gasteiger partial charge is 0.454 e. The van der Waals surface area contributed by atoms with E-state index >= 15 is 0 Å². The zero-order valence-electron chi connectivity index (χ0n) is 16.2. The van der Waals surface area contributed by atoms with Gasteiger partial charge in [0.1, 0.15) is 12.1 Å². The zero-order chi connectivity index (χ0) is 20.4. The highest BCUT2D eigenvalue weighted by Gasteiger charge is 2.52. The Hall–Kier alpha value is -2.90. The molecule has 2 N–H and O–H groups in total. The molecule has 1 saturated carbocycles. The molecule has 29 heavy (non-hydrogen) atoms. The Morgan fingerprint density at radius 3 is 2.72 bits per heavy atom. The quantitative estimate of drug-likeness (QED) is 0.578. The number of fused-ring (bicyclic) bond motifs is 1. The Labute approximate surface area is 169 Å². The van der Waals surface area contributed by atoms with Crippen LogP contribution in [0.25, 0.3) is 0 Å². The normalized spacial score (nSPS) is 22.3. The average molecular weight is 399 g/mol. The van der Waals surface area contributed by atoms with E-state index in [1.54, 1.807) is 0 Å². The van der Waals surface area contributed by atoms with E-state index in [2.05, 4.69) is 16.7 Å². The number of aryl methyl sites for hydroxylation is 1. The molecule has 2 aliphatic carbocycles. The van der Waals surface area contributed by atoms with Crippen molar-refractivity contribution in [3.8, 4) is 0 Å². The van der Waals surface area contributed by atoms with E-state index in [1.807, 2.05) is 18.2 Å². The number of carbonyl (C=O) groups excluding carboxylic acids is 4. The molecule has 1 saturated heterocycles. The topological polar surface area (TPSA) is 105 Å².